The highest BCUT2D eigenvalue weighted by atomic mass is 32.1. The van der Waals surface area contributed by atoms with Gasteiger partial charge in [-0.25, -0.2) is 4.98 Å². The predicted octanol–water partition coefficient (Wildman–Crippen LogP) is 4.40. The Morgan fingerprint density at radius 3 is 2.87 bits per heavy atom. The Labute approximate surface area is 178 Å². The van der Waals surface area contributed by atoms with Crippen molar-refractivity contribution >= 4 is 27.5 Å². The Morgan fingerprint density at radius 2 is 2.10 bits per heavy atom. The number of fused-ring (bicyclic) bond motifs is 1. The normalized spacial score (nSPS) is 11.0. The van der Waals surface area contributed by atoms with E-state index >= 15 is 0 Å². The maximum Gasteiger partial charge on any atom is 0.276 e. The summed E-state index contributed by atoms with van der Waals surface area (Å²) in [5.41, 5.74) is 3.14. The molecule has 0 spiro atoms. The fraction of sp³-hybridized carbons (Fsp3) is 0.273. The van der Waals surface area contributed by atoms with Crippen LogP contribution in [-0.4, -0.2) is 33.0 Å². The molecule has 1 aromatic carbocycles. The Bertz CT molecular complexity index is 1170. The molecule has 3 heterocycles. The Hall–Kier alpha value is -3.26. The summed E-state index contributed by atoms with van der Waals surface area (Å²) in [5, 5.41) is 4.91. The molecule has 0 aliphatic rings. The summed E-state index contributed by atoms with van der Waals surface area (Å²) in [7, 11) is 1.72. The summed E-state index contributed by atoms with van der Waals surface area (Å²) in [6.45, 7) is 4.63. The largest absolute Gasteiger partial charge is 0.485 e. The van der Waals surface area contributed by atoms with Crippen LogP contribution < -0.4 is 4.74 Å². The number of hydrogen-bond donors (Lipinski definition) is 0. The lowest BCUT2D eigenvalue weighted by molar-refractivity contribution is 0.0772. The summed E-state index contributed by atoms with van der Waals surface area (Å²) >= 11 is 1.64. The molecule has 0 aliphatic carbocycles. The number of ether oxygens (including phenoxy) is 1. The van der Waals surface area contributed by atoms with E-state index in [9.17, 15) is 4.79 Å². The van der Waals surface area contributed by atoms with E-state index < -0.39 is 0 Å². The van der Waals surface area contributed by atoms with Crippen LogP contribution in [0.1, 0.15) is 39.4 Å². The number of amides is 1. The molecule has 0 saturated heterocycles. The molecule has 1 amide bonds. The van der Waals surface area contributed by atoms with Gasteiger partial charge in [0.2, 0.25) is 0 Å². The number of benzene rings is 1. The summed E-state index contributed by atoms with van der Waals surface area (Å²) in [4.78, 5) is 23.1. The maximum atomic E-state index is 12.6. The Morgan fingerprint density at radius 1 is 1.23 bits per heavy atom. The van der Waals surface area contributed by atoms with Gasteiger partial charge in [-0.3, -0.25) is 9.78 Å². The smallest absolute Gasteiger partial charge is 0.276 e. The predicted molar refractivity (Wildman–Crippen MR) is 115 cm³/mol. The first-order valence-electron chi connectivity index (χ1n) is 9.66. The summed E-state index contributed by atoms with van der Waals surface area (Å²) in [6, 6.07) is 11.3. The second kappa shape index (κ2) is 8.62. The van der Waals surface area contributed by atoms with Gasteiger partial charge in [0, 0.05) is 25.4 Å². The number of aromatic nitrogens is 3. The first kappa shape index (κ1) is 20.0. The van der Waals surface area contributed by atoms with Crippen molar-refractivity contribution < 1.29 is 14.1 Å². The molecule has 8 heteroatoms. The summed E-state index contributed by atoms with van der Waals surface area (Å²) in [6.07, 6.45) is 2.77. The zero-order valence-corrected chi connectivity index (χ0v) is 17.9. The number of thiazole rings is 1. The van der Waals surface area contributed by atoms with Crippen molar-refractivity contribution in [3.05, 3.63) is 70.3 Å². The molecule has 4 aromatic rings. The van der Waals surface area contributed by atoms with E-state index in [0.717, 1.165) is 32.9 Å². The van der Waals surface area contributed by atoms with Crippen molar-refractivity contribution in [1.29, 1.82) is 0 Å². The average molecular weight is 423 g/mol. The van der Waals surface area contributed by atoms with E-state index in [0.29, 0.717) is 18.1 Å². The third-order valence-electron chi connectivity index (χ3n) is 4.67. The first-order valence-corrected chi connectivity index (χ1v) is 10.5. The molecule has 0 atom stereocenters. The van der Waals surface area contributed by atoms with Crippen LogP contribution in [0.2, 0.25) is 0 Å². The van der Waals surface area contributed by atoms with Gasteiger partial charge < -0.3 is 14.2 Å². The van der Waals surface area contributed by atoms with Gasteiger partial charge in [0.1, 0.15) is 12.4 Å². The molecule has 0 fully saturated rings. The molecule has 0 aliphatic heterocycles. The third-order valence-corrected chi connectivity index (χ3v) is 5.62. The van der Waals surface area contributed by atoms with Crippen LogP contribution in [0.15, 0.2) is 47.1 Å². The lowest BCUT2D eigenvalue weighted by Crippen LogP contribution is -2.26. The molecule has 0 unspecified atom stereocenters. The van der Waals surface area contributed by atoms with Gasteiger partial charge in [-0.05, 0) is 37.1 Å². The van der Waals surface area contributed by atoms with Crippen molar-refractivity contribution in [2.75, 3.05) is 7.05 Å². The van der Waals surface area contributed by atoms with E-state index in [1.165, 1.54) is 0 Å². The molecule has 4 rings (SSSR count). The fourth-order valence-corrected chi connectivity index (χ4v) is 3.82. The minimum absolute atomic E-state index is 0.179. The number of carbonyl (C=O) groups excluding carboxylic acids is 1. The maximum absolute atomic E-state index is 12.6. The highest BCUT2D eigenvalue weighted by molar-refractivity contribution is 7.18. The third kappa shape index (κ3) is 4.49. The topological polar surface area (TPSA) is 81.4 Å². The SMILES string of the molecule is CCc1ccc(CN(C)C(=O)c2cc(COc3ccc4sc(C)nc4c3)on2)nc1. The van der Waals surface area contributed by atoms with Gasteiger partial charge in [-0.2, -0.15) is 0 Å². The minimum atomic E-state index is -0.231. The van der Waals surface area contributed by atoms with E-state index in [1.807, 2.05) is 43.5 Å². The van der Waals surface area contributed by atoms with Crippen LogP contribution in [0.4, 0.5) is 0 Å². The molecule has 30 heavy (non-hydrogen) atoms. The fourth-order valence-electron chi connectivity index (χ4n) is 3.02. The first-order chi connectivity index (χ1) is 14.5. The molecule has 0 radical (unpaired) electrons. The van der Waals surface area contributed by atoms with Crippen molar-refractivity contribution in [1.82, 2.24) is 20.0 Å². The number of carbonyl (C=O) groups is 1. The van der Waals surface area contributed by atoms with Gasteiger partial charge in [-0.15, -0.1) is 11.3 Å². The van der Waals surface area contributed by atoms with Crippen LogP contribution in [0.3, 0.4) is 0 Å². The van der Waals surface area contributed by atoms with E-state index in [-0.39, 0.29) is 18.2 Å². The van der Waals surface area contributed by atoms with Crippen molar-refractivity contribution in [3.63, 3.8) is 0 Å². The van der Waals surface area contributed by atoms with Crippen molar-refractivity contribution in [3.8, 4) is 5.75 Å². The van der Waals surface area contributed by atoms with Crippen LogP contribution in [0.5, 0.6) is 5.75 Å². The van der Waals surface area contributed by atoms with Gasteiger partial charge in [0.25, 0.3) is 5.91 Å². The molecule has 0 N–H and O–H groups in total. The van der Waals surface area contributed by atoms with Crippen LogP contribution in [-0.2, 0) is 19.6 Å². The van der Waals surface area contributed by atoms with Gasteiger partial charge in [0.15, 0.2) is 11.5 Å². The minimum Gasteiger partial charge on any atom is -0.485 e. The lowest BCUT2D eigenvalue weighted by Gasteiger charge is -2.15. The van der Waals surface area contributed by atoms with E-state index in [4.69, 9.17) is 9.26 Å². The summed E-state index contributed by atoms with van der Waals surface area (Å²) < 4.78 is 12.2. The molecular formula is C22H22N4O3S. The van der Waals surface area contributed by atoms with Crippen LogP contribution >= 0.6 is 11.3 Å². The van der Waals surface area contributed by atoms with Crippen molar-refractivity contribution in [2.24, 2.45) is 0 Å². The quantitative estimate of drug-likeness (QED) is 0.439. The number of pyridine rings is 1. The highest BCUT2D eigenvalue weighted by Crippen LogP contribution is 2.26. The Kier molecular flexibility index (Phi) is 5.76. The van der Waals surface area contributed by atoms with Gasteiger partial charge >= 0.3 is 0 Å². The molecule has 154 valence electrons. The van der Waals surface area contributed by atoms with Crippen LogP contribution in [0.25, 0.3) is 10.2 Å². The van der Waals surface area contributed by atoms with E-state index in [2.05, 4.69) is 22.0 Å². The average Bonchev–Trinajstić information content (AvgIpc) is 3.37. The van der Waals surface area contributed by atoms with Gasteiger partial charge in [-0.1, -0.05) is 18.1 Å². The molecule has 3 aromatic heterocycles. The molecule has 0 saturated carbocycles. The second-order valence-corrected chi connectivity index (χ2v) is 8.24. The second-order valence-electron chi connectivity index (χ2n) is 7.00. The zero-order valence-electron chi connectivity index (χ0n) is 17.1. The summed E-state index contributed by atoms with van der Waals surface area (Å²) in [5.74, 6) is 0.938. The molecule has 7 nitrogen and oxygen atoms in total. The molecular weight excluding hydrogens is 400 g/mol. The lowest BCUT2D eigenvalue weighted by atomic mass is 10.2. The number of rotatable bonds is 7. The van der Waals surface area contributed by atoms with Gasteiger partial charge in [0.05, 0.1) is 27.5 Å². The number of nitrogens with zero attached hydrogens (tertiary/aromatic N) is 4. The van der Waals surface area contributed by atoms with Crippen molar-refractivity contribution in [2.45, 2.75) is 33.4 Å². The van der Waals surface area contributed by atoms with Crippen LogP contribution in [0, 0.1) is 6.92 Å². The van der Waals surface area contributed by atoms with E-state index in [1.54, 1.807) is 29.4 Å². The number of hydrogen-bond acceptors (Lipinski definition) is 7. The molecule has 0 bridgehead atoms. The number of aryl methyl sites for hydroxylation is 2. The standard InChI is InChI=1S/C22H22N4O3S/c1-4-15-5-6-16(23-11-15)12-26(3)22(27)20-10-18(29-25-20)13-28-17-7-8-21-19(9-17)24-14(2)30-21/h5-11H,4,12-13H2,1-3H3. The monoisotopic (exact) mass is 422 g/mol. The zero-order chi connectivity index (χ0) is 21.1. The Balaban J connectivity index is 1.36. The highest BCUT2D eigenvalue weighted by Gasteiger charge is 2.18.